The Morgan fingerprint density at radius 2 is 1.94 bits per heavy atom. The Bertz CT molecular complexity index is 560. The first kappa shape index (κ1) is 13.3. The van der Waals surface area contributed by atoms with Gasteiger partial charge in [0.25, 0.3) is 10.0 Å². The van der Waals surface area contributed by atoms with Crippen molar-refractivity contribution in [2.45, 2.75) is 4.34 Å². The zero-order chi connectivity index (χ0) is 12.4. The number of rotatable bonds is 5. The van der Waals surface area contributed by atoms with Gasteiger partial charge in [-0.2, -0.15) is 0 Å². The Morgan fingerprint density at radius 1 is 1.31 bits per heavy atom. The Hall–Kier alpha value is -0.780. The van der Waals surface area contributed by atoms with Gasteiger partial charge in [0, 0.05) is 12.8 Å². The summed E-state index contributed by atoms with van der Waals surface area (Å²) < 4.78 is 46.3. The van der Waals surface area contributed by atoms with E-state index in [0.717, 1.165) is 6.26 Å². The molecule has 0 unspecified atom stereocenters. The predicted octanol–water partition coefficient (Wildman–Crippen LogP) is -1.56. The molecular weight excluding hydrogens is 276 g/mol. The maximum atomic E-state index is 11.5. The van der Waals surface area contributed by atoms with E-state index in [0.29, 0.717) is 11.3 Å². The first-order valence-corrected chi connectivity index (χ1v) is 8.33. The van der Waals surface area contributed by atoms with Crippen LogP contribution in [0, 0.1) is 0 Å². The number of hydrogen-bond acceptors (Lipinski definition) is 8. The topological polar surface area (TPSA) is 132 Å². The van der Waals surface area contributed by atoms with E-state index in [4.69, 9.17) is 5.73 Å². The number of anilines is 1. The van der Waals surface area contributed by atoms with Crippen molar-refractivity contribution in [1.82, 2.24) is 14.9 Å². The van der Waals surface area contributed by atoms with Crippen molar-refractivity contribution >= 4 is 36.3 Å². The van der Waals surface area contributed by atoms with Crippen LogP contribution in [0.15, 0.2) is 4.34 Å². The molecule has 0 amide bonds. The van der Waals surface area contributed by atoms with Gasteiger partial charge >= 0.3 is 0 Å². The largest absolute Gasteiger partial charge is 0.374 e. The summed E-state index contributed by atoms with van der Waals surface area (Å²) in [4.78, 5) is 0. The monoisotopic (exact) mass is 286 g/mol. The van der Waals surface area contributed by atoms with Gasteiger partial charge in [0.2, 0.25) is 9.47 Å². The lowest BCUT2D eigenvalue weighted by Crippen LogP contribution is -2.28. The van der Waals surface area contributed by atoms with Crippen molar-refractivity contribution in [3.8, 4) is 0 Å². The van der Waals surface area contributed by atoms with Crippen LogP contribution in [0.3, 0.4) is 0 Å². The molecule has 11 heteroatoms. The van der Waals surface area contributed by atoms with Crippen molar-refractivity contribution in [2.75, 3.05) is 24.3 Å². The minimum absolute atomic E-state index is 0.0310. The van der Waals surface area contributed by atoms with Gasteiger partial charge in [-0.05, 0) is 0 Å². The maximum Gasteiger partial charge on any atom is 0.269 e. The van der Waals surface area contributed by atoms with Crippen LogP contribution >= 0.6 is 11.3 Å². The summed E-state index contributed by atoms with van der Waals surface area (Å²) in [6, 6.07) is 0. The molecule has 0 aromatic carbocycles. The van der Waals surface area contributed by atoms with Gasteiger partial charge < -0.3 is 5.73 Å². The predicted molar refractivity (Wildman–Crippen MR) is 59.2 cm³/mol. The molecule has 1 rings (SSSR count). The van der Waals surface area contributed by atoms with Crippen molar-refractivity contribution < 1.29 is 16.8 Å². The van der Waals surface area contributed by atoms with Gasteiger partial charge in [0.05, 0.1) is 5.75 Å². The second kappa shape index (κ2) is 4.61. The highest BCUT2D eigenvalue weighted by Crippen LogP contribution is 2.15. The number of nitrogens with zero attached hydrogens (tertiary/aromatic N) is 2. The van der Waals surface area contributed by atoms with Crippen molar-refractivity contribution in [1.29, 1.82) is 0 Å². The molecule has 3 N–H and O–H groups in total. The highest BCUT2D eigenvalue weighted by molar-refractivity contribution is 7.92. The molecule has 92 valence electrons. The first-order valence-electron chi connectivity index (χ1n) is 3.97. The average Bonchev–Trinajstić information content (AvgIpc) is 2.49. The van der Waals surface area contributed by atoms with Gasteiger partial charge in [-0.1, -0.05) is 11.3 Å². The van der Waals surface area contributed by atoms with Crippen LogP contribution in [0.25, 0.3) is 0 Å². The van der Waals surface area contributed by atoms with E-state index in [2.05, 4.69) is 14.9 Å². The summed E-state index contributed by atoms with van der Waals surface area (Å²) in [5.41, 5.74) is 5.23. The normalized spacial score (nSPS) is 12.8. The second-order valence-electron chi connectivity index (χ2n) is 2.93. The molecule has 16 heavy (non-hydrogen) atoms. The quantitative estimate of drug-likeness (QED) is 0.669. The molecule has 0 saturated heterocycles. The van der Waals surface area contributed by atoms with Gasteiger partial charge in [0.15, 0.2) is 0 Å². The van der Waals surface area contributed by atoms with E-state index >= 15 is 0 Å². The zero-order valence-corrected chi connectivity index (χ0v) is 10.7. The average molecular weight is 286 g/mol. The summed E-state index contributed by atoms with van der Waals surface area (Å²) in [6.07, 6.45) is 1.02. The molecule has 0 atom stereocenters. The highest BCUT2D eigenvalue weighted by atomic mass is 32.2. The third kappa shape index (κ3) is 4.00. The molecular formula is C5H10N4O4S3. The fourth-order valence-electron chi connectivity index (χ4n) is 0.752. The number of nitrogen functional groups attached to an aromatic ring is 1. The van der Waals surface area contributed by atoms with Gasteiger partial charge in [0.1, 0.15) is 9.84 Å². The molecule has 0 spiro atoms. The molecule has 0 aliphatic rings. The Kier molecular flexibility index (Phi) is 3.83. The van der Waals surface area contributed by atoms with Crippen LogP contribution in [-0.4, -0.2) is 45.6 Å². The third-order valence-electron chi connectivity index (χ3n) is 1.42. The van der Waals surface area contributed by atoms with Gasteiger partial charge in [-0.3, -0.25) is 0 Å². The lowest BCUT2D eigenvalue weighted by atomic mass is 10.8. The number of nitrogens with one attached hydrogen (secondary N) is 1. The van der Waals surface area contributed by atoms with E-state index < -0.39 is 19.9 Å². The second-order valence-corrected chi connectivity index (χ2v) is 8.14. The molecule has 1 aromatic rings. The molecule has 0 aliphatic heterocycles. The number of aromatic nitrogens is 2. The number of hydrogen-bond donors (Lipinski definition) is 2. The van der Waals surface area contributed by atoms with Crippen LogP contribution in [-0.2, 0) is 19.9 Å². The molecule has 0 aliphatic carbocycles. The van der Waals surface area contributed by atoms with Crippen LogP contribution in [0.4, 0.5) is 5.13 Å². The smallest absolute Gasteiger partial charge is 0.269 e. The fraction of sp³-hybridized carbons (Fsp3) is 0.600. The lowest BCUT2D eigenvalue weighted by molar-refractivity contribution is 0.580. The van der Waals surface area contributed by atoms with E-state index in [-0.39, 0.29) is 21.8 Å². The van der Waals surface area contributed by atoms with Crippen LogP contribution < -0.4 is 10.5 Å². The van der Waals surface area contributed by atoms with E-state index in [1.54, 1.807) is 0 Å². The Morgan fingerprint density at radius 3 is 2.38 bits per heavy atom. The van der Waals surface area contributed by atoms with Crippen molar-refractivity contribution in [3.63, 3.8) is 0 Å². The molecule has 8 nitrogen and oxygen atoms in total. The SMILES string of the molecule is CS(=O)(=O)CCNS(=O)(=O)c1nnc(N)s1. The number of nitrogens with two attached hydrogens (primary N) is 1. The molecule has 0 bridgehead atoms. The highest BCUT2D eigenvalue weighted by Gasteiger charge is 2.19. The summed E-state index contributed by atoms with van der Waals surface area (Å²) in [6.45, 7) is -0.208. The minimum Gasteiger partial charge on any atom is -0.374 e. The van der Waals surface area contributed by atoms with E-state index in [1.165, 1.54) is 0 Å². The van der Waals surface area contributed by atoms with Gasteiger partial charge in [-0.25, -0.2) is 21.6 Å². The fourth-order valence-corrected chi connectivity index (χ4v) is 3.21. The van der Waals surface area contributed by atoms with Crippen molar-refractivity contribution in [2.24, 2.45) is 0 Å². The lowest BCUT2D eigenvalue weighted by Gasteiger charge is -2.01. The molecule has 1 heterocycles. The zero-order valence-electron chi connectivity index (χ0n) is 8.24. The third-order valence-corrected chi connectivity index (χ3v) is 4.94. The van der Waals surface area contributed by atoms with Crippen molar-refractivity contribution in [3.05, 3.63) is 0 Å². The Balaban J connectivity index is 2.67. The standard InChI is InChI=1S/C5H10N4O4S3/c1-15(10,11)3-2-7-16(12,13)5-9-8-4(6)14-5/h7H,2-3H2,1H3,(H2,6,8). The number of sulfonamides is 1. The van der Waals surface area contributed by atoms with Crippen LogP contribution in [0.1, 0.15) is 0 Å². The first-order chi connectivity index (χ1) is 7.21. The molecule has 0 fully saturated rings. The molecule has 0 radical (unpaired) electrons. The van der Waals surface area contributed by atoms with Crippen LogP contribution in [0.2, 0.25) is 0 Å². The molecule has 1 aromatic heterocycles. The summed E-state index contributed by atoms with van der Waals surface area (Å²) >= 11 is 0.708. The summed E-state index contributed by atoms with van der Waals surface area (Å²) in [5, 5.41) is 6.73. The minimum atomic E-state index is -3.81. The Labute approximate surface area is 96.9 Å². The van der Waals surface area contributed by atoms with E-state index in [1.807, 2.05) is 0 Å². The maximum absolute atomic E-state index is 11.5. The van der Waals surface area contributed by atoms with E-state index in [9.17, 15) is 16.8 Å². The number of sulfone groups is 1. The van der Waals surface area contributed by atoms with Crippen LogP contribution in [0.5, 0.6) is 0 Å². The molecule has 0 saturated carbocycles. The summed E-state index contributed by atoms with van der Waals surface area (Å²) in [7, 11) is -7.02. The summed E-state index contributed by atoms with van der Waals surface area (Å²) in [5.74, 6) is -0.277. The van der Waals surface area contributed by atoms with Gasteiger partial charge in [-0.15, -0.1) is 10.2 Å².